The summed E-state index contributed by atoms with van der Waals surface area (Å²) in [5.74, 6) is 0.861. The van der Waals surface area contributed by atoms with Gasteiger partial charge in [0.25, 0.3) is 0 Å². The zero-order valence-corrected chi connectivity index (χ0v) is 16.7. The molecule has 0 amide bonds. The number of hydrogen-bond acceptors (Lipinski definition) is 3. The molecule has 0 saturated heterocycles. The number of esters is 1. The monoisotopic (exact) mass is 348 g/mol. The molecule has 3 heteroatoms. The molecular formula is C22H36O3. The van der Waals surface area contributed by atoms with Gasteiger partial charge in [-0.1, -0.05) is 38.5 Å². The van der Waals surface area contributed by atoms with Gasteiger partial charge in [0.15, 0.2) is 0 Å². The summed E-state index contributed by atoms with van der Waals surface area (Å²) >= 11 is 0. The molecule has 0 aromatic rings. The highest BCUT2D eigenvalue weighted by molar-refractivity contribution is 5.66. The van der Waals surface area contributed by atoms with E-state index in [1.807, 2.05) is 6.08 Å². The van der Waals surface area contributed by atoms with E-state index in [0.717, 1.165) is 32.1 Å². The molecule has 2 aliphatic rings. The Morgan fingerprint density at radius 1 is 1.32 bits per heavy atom. The van der Waals surface area contributed by atoms with Crippen LogP contribution in [0.4, 0.5) is 0 Å². The molecule has 1 N–H and O–H groups in total. The molecule has 25 heavy (non-hydrogen) atoms. The van der Waals surface area contributed by atoms with Gasteiger partial charge < -0.3 is 9.84 Å². The van der Waals surface area contributed by atoms with Crippen molar-refractivity contribution in [1.29, 1.82) is 0 Å². The first kappa shape index (κ1) is 20.2. The Morgan fingerprint density at radius 2 is 2.00 bits per heavy atom. The summed E-state index contributed by atoms with van der Waals surface area (Å²) in [4.78, 5) is 10.9. The Labute approximate surface area is 153 Å². The van der Waals surface area contributed by atoms with Crippen molar-refractivity contribution in [2.75, 3.05) is 6.61 Å². The van der Waals surface area contributed by atoms with Crippen molar-refractivity contribution in [3.63, 3.8) is 0 Å². The van der Waals surface area contributed by atoms with Gasteiger partial charge >= 0.3 is 5.97 Å². The fourth-order valence-electron chi connectivity index (χ4n) is 5.75. The quantitative estimate of drug-likeness (QED) is 0.559. The second-order valence-corrected chi connectivity index (χ2v) is 9.25. The Balaban J connectivity index is 2.09. The largest absolute Gasteiger partial charge is 0.462 e. The van der Waals surface area contributed by atoms with Crippen LogP contribution in [0.1, 0.15) is 73.1 Å². The highest BCUT2D eigenvalue weighted by Crippen LogP contribution is 2.61. The van der Waals surface area contributed by atoms with Crippen LogP contribution in [0.25, 0.3) is 0 Å². The van der Waals surface area contributed by atoms with Crippen molar-refractivity contribution in [3.8, 4) is 0 Å². The summed E-state index contributed by atoms with van der Waals surface area (Å²) in [5, 5.41) is 10.5. The Bertz CT molecular complexity index is 545. The lowest BCUT2D eigenvalue weighted by Gasteiger charge is -2.59. The average molecular weight is 349 g/mol. The van der Waals surface area contributed by atoms with Gasteiger partial charge in [0, 0.05) is 6.92 Å². The number of aliphatic hydroxyl groups excluding tert-OH is 1. The molecule has 3 nitrogen and oxygen atoms in total. The van der Waals surface area contributed by atoms with Crippen molar-refractivity contribution in [3.05, 3.63) is 23.8 Å². The second-order valence-electron chi connectivity index (χ2n) is 9.25. The van der Waals surface area contributed by atoms with E-state index >= 15 is 0 Å². The lowest BCUT2D eigenvalue weighted by Crippen LogP contribution is -2.53. The van der Waals surface area contributed by atoms with Crippen molar-refractivity contribution in [2.24, 2.45) is 22.7 Å². The summed E-state index contributed by atoms with van der Waals surface area (Å²) in [5.41, 5.74) is 2.94. The Hall–Kier alpha value is -1.09. The third kappa shape index (κ3) is 4.55. The minimum absolute atomic E-state index is 0.132. The molecule has 0 aromatic heterocycles. The summed E-state index contributed by atoms with van der Waals surface area (Å²) in [6, 6.07) is 0. The van der Waals surface area contributed by atoms with Gasteiger partial charge in [0.05, 0.1) is 6.10 Å². The van der Waals surface area contributed by atoms with Gasteiger partial charge in [-0.15, -0.1) is 0 Å². The highest BCUT2D eigenvalue weighted by atomic mass is 16.5. The number of aliphatic hydroxyl groups is 1. The van der Waals surface area contributed by atoms with Crippen LogP contribution >= 0.6 is 0 Å². The zero-order chi connectivity index (χ0) is 18.8. The summed E-state index contributed by atoms with van der Waals surface area (Å²) in [6.07, 6.45) is 7.97. The molecule has 4 unspecified atom stereocenters. The first-order valence-corrected chi connectivity index (χ1v) is 9.71. The predicted octanol–water partition coefficient (Wildman–Crippen LogP) is 5.05. The second kappa shape index (κ2) is 7.65. The van der Waals surface area contributed by atoms with Gasteiger partial charge in [0.2, 0.25) is 0 Å². The maximum Gasteiger partial charge on any atom is 0.302 e. The lowest BCUT2D eigenvalue weighted by molar-refractivity contribution is -0.139. The van der Waals surface area contributed by atoms with E-state index in [1.165, 1.54) is 24.5 Å². The molecule has 0 heterocycles. The van der Waals surface area contributed by atoms with E-state index in [-0.39, 0.29) is 22.9 Å². The van der Waals surface area contributed by atoms with Gasteiger partial charge in [-0.3, -0.25) is 4.79 Å². The number of hydrogen-bond donors (Lipinski definition) is 1. The predicted molar refractivity (Wildman–Crippen MR) is 102 cm³/mol. The summed E-state index contributed by atoms with van der Waals surface area (Å²) in [6.45, 7) is 15.3. The van der Waals surface area contributed by atoms with Crippen molar-refractivity contribution in [1.82, 2.24) is 0 Å². The average Bonchev–Trinajstić information content (AvgIpc) is 2.43. The van der Waals surface area contributed by atoms with Crippen molar-refractivity contribution < 1.29 is 14.6 Å². The Kier molecular flexibility index (Phi) is 6.19. The fraction of sp³-hybridized carbons (Fsp3) is 0.773. The molecule has 0 bridgehead atoms. The normalized spacial score (nSPS) is 35.2. The fourth-order valence-corrected chi connectivity index (χ4v) is 5.75. The van der Waals surface area contributed by atoms with E-state index < -0.39 is 0 Å². The standard InChI is InChI=1S/C22H36O3/c1-15(11-12-25-17(3)23)7-9-19-16(2)8-10-20-21(4,5)13-18(24)14-22(19,20)6/h11,18-20,24H,2,7-10,12-14H2,1,3-6H3. The third-order valence-corrected chi connectivity index (χ3v) is 6.77. The number of ether oxygens (including phenoxy) is 1. The van der Waals surface area contributed by atoms with Gasteiger partial charge in [0.1, 0.15) is 6.61 Å². The van der Waals surface area contributed by atoms with Crippen LogP contribution in [-0.4, -0.2) is 23.8 Å². The first-order chi connectivity index (χ1) is 11.6. The molecule has 0 aliphatic heterocycles. The number of rotatable bonds is 5. The van der Waals surface area contributed by atoms with Crippen molar-refractivity contribution in [2.45, 2.75) is 79.2 Å². The molecule has 2 fully saturated rings. The lowest BCUT2D eigenvalue weighted by atomic mass is 9.46. The van der Waals surface area contributed by atoms with Crippen LogP contribution in [0.15, 0.2) is 23.8 Å². The highest BCUT2D eigenvalue weighted by Gasteiger charge is 2.54. The van der Waals surface area contributed by atoms with Gasteiger partial charge in [-0.25, -0.2) is 0 Å². The number of carbonyl (C=O) groups excluding carboxylic acids is 1. The molecule has 0 spiro atoms. The topological polar surface area (TPSA) is 46.5 Å². The molecule has 0 aromatic carbocycles. The van der Waals surface area contributed by atoms with Gasteiger partial charge in [-0.2, -0.15) is 0 Å². The van der Waals surface area contributed by atoms with E-state index in [9.17, 15) is 9.90 Å². The number of carbonyl (C=O) groups is 1. The molecule has 0 radical (unpaired) electrons. The van der Waals surface area contributed by atoms with Crippen LogP contribution in [0, 0.1) is 22.7 Å². The van der Waals surface area contributed by atoms with Crippen LogP contribution in [0.3, 0.4) is 0 Å². The van der Waals surface area contributed by atoms with E-state index in [2.05, 4.69) is 34.3 Å². The number of fused-ring (bicyclic) bond motifs is 1. The number of allylic oxidation sites excluding steroid dienone is 2. The maximum atomic E-state index is 10.9. The minimum atomic E-state index is -0.238. The summed E-state index contributed by atoms with van der Waals surface area (Å²) < 4.78 is 5.01. The van der Waals surface area contributed by atoms with Crippen LogP contribution in [0.2, 0.25) is 0 Å². The van der Waals surface area contributed by atoms with E-state index in [1.54, 1.807) is 0 Å². The molecular weight excluding hydrogens is 312 g/mol. The Morgan fingerprint density at radius 3 is 2.64 bits per heavy atom. The van der Waals surface area contributed by atoms with Gasteiger partial charge in [-0.05, 0) is 74.2 Å². The van der Waals surface area contributed by atoms with E-state index in [4.69, 9.17) is 4.74 Å². The SMILES string of the molecule is C=C1CCC2C(C)(C)CC(O)CC2(C)C1CCC(C)=CCOC(C)=O. The smallest absolute Gasteiger partial charge is 0.302 e. The molecule has 2 rings (SSSR count). The first-order valence-electron chi connectivity index (χ1n) is 9.71. The van der Waals surface area contributed by atoms with E-state index in [0.29, 0.717) is 18.4 Å². The zero-order valence-electron chi connectivity index (χ0n) is 16.7. The van der Waals surface area contributed by atoms with Crippen LogP contribution < -0.4 is 0 Å². The van der Waals surface area contributed by atoms with Crippen molar-refractivity contribution >= 4 is 5.97 Å². The minimum Gasteiger partial charge on any atom is -0.462 e. The molecule has 4 atom stereocenters. The molecule has 142 valence electrons. The molecule has 2 aliphatic carbocycles. The van der Waals surface area contributed by atoms with Crippen LogP contribution in [0.5, 0.6) is 0 Å². The summed E-state index contributed by atoms with van der Waals surface area (Å²) in [7, 11) is 0. The third-order valence-electron chi connectivity index (χ3n) is 6.77. The van der Waals surface area contributed by atoms with Crippen LogP contribution in [-0.2, 0) is 9.53 Å². The maximum absolute atomic E-state index is 10.9. The molecule has 2 saturated carbocycles.